The van der Waals surface area contributed by atoms with Crippen molar-refractivity contribution in [2.75, 3.05) is 5.75 Å². The van der Waals surface area contributed by atoms with Crippen molar-refractivity contribution < 1.29 is 14.3 Å². The number of hydrogen-bond acceptors (Lipinski definition) is 3. The number of amides is 1. The van der Waals surface area contributed by atoms with Gasteiger partial charge in [-0.25, -0.2) is 4.39 Å². The second-order valence-corrected chi connectivity index (χ2v) is 6.48. The van der Waals surface area contributed by atoms with Crippen LogP contribution in [-0.2, 0) is 4.79 Å². The van der Waals surface area contributed by atoms with Crippen LogP contribution in [0.5, 0.6) is 0 Å². The Labute approximate surface area is 116 Å². The highest BCUT2D eigenvalue weighted by Gasteiger charge is 2.47. The predicted molar refractivity (Wildman–Crippen MR) is 73.5 cm³/mol. The van der Waals surface area contributed by atoms with Crippen molar-refractivity contribution in [3.05, 3.63) is 30.1 Å². The minimum Gasteiger partial charge on any atom is -0.392 e. The summed E-state index contributed by atoms with van der Waals surface area (Å²) in [7, 11) is 0. The Morgan fingerprint density at radius 1 is 1.47 bits per heavy atom. The summed E-state index contributed by atoms with van der Waals surface area (Å²) in [4.78, 5) is 12.7. The van der Waals surface area contributed by atoms with E-state index in [1.807, 2.05) is 13.8 Å². The van der Waals surface area contributed by atoms with Crippen molar-refractivity contribution in [3.63, 3.8) is 0 Å². The van der Waals surface area contributed by atoms with Gasteiger partial charge >= 0.3 is 0 Å². The predicted octanol–water partition coefficient (Wildman–Crippen LogP) is 2.19. The Balaban J connectivity index is 1.78. The number of carbonyl (C=O) groups excluding carboxylic acids is 1. The molecule has 0 aliphatic heterocycles. The number of aliphatic hydroxyl groups excluding tert-OH is 1. The van der Waals surface area contributed by atoms with E-state index in [4.69, 9.17) is 0 Å². The third kappa shape index (κ3) is 3.28. The smallest absolute Gasteiger partial charge is 0.230 e. The summed E-state index contributed by atoms with van der Waals surface area (Å²) in [6, 6.07) is 6.11. The molecule has 2 rings (SSSR count). The summed E-state index contributed by atoms with van der Waals surface area (Å²) in [6.45, 7) is 3.89. The van der Waals surface area contributed by atoms with Crippen LogP contribution in [0.2, 0.25) is 0 Å². The molecule has 0 heterocycles. The van der Waals surface area contributed by atoms with E-state index in [0.29, 0.717) is 12.2 Å². The van der Waals surface area contributed by atoms with Gasteiger partial charge in [-0.3, -0.25) is 4.79 Å². The quantitative estimate of drug-likeness (QED) is 0.833. The van der Waals surface area contributed by atoms with E-state index in [0.717, 1.165) is 4.90 Å². The molecule has 2 unspecified atom stereocenters. The van der Waals surface area contributed by atoms with Gasteiger partial charge in [0.05, 0.1) is 11.9 Å². The van der Waals surface area contributed by atoms with Gasteiger partial charge < -0.3 is 10.4 Å². The number of rotatable bonds is 4. The molecule has 1 amide bonds. The third-order valence-corrected chi connectivity index (χ3v) is 4.75. The summed E-state index contributed by atoms with van der Waals surface area (Å²) < 4.78 is 12.7. The second kappa shape index (κ2) is 5.51. The number of hydrogen-bond donors (Lipinski definition) is 2. The average molecular weight is 283 g/mol. The molecule has 1 fully saturated rings. The molecule has 2 atom stereocenters. The number of thioether (sulfide) groups is 1. The molecule has 104 valence electrons. The number of nitrogens with one attached hydrogen (secondary N) is 1. The highest BCUT2D eigenvalue weighted by atomic mass is 32.2. The maximum absolute atomic E-state index is 12.7. The second-order valence-electron chi connectivity index (χ2n) is 5.44. The maximum Gasteiger partial charge on any atom is 0.230 e. The van der Waals surface area contributed by atoms with Crippen molar-refractivity contribution >= 4 is 17.7 Å². The van der Waals surface area contributed by atoms with Gasteiger partial charge in [0.15, 0.2) is 0 Å². The fourth-order valence-corrected chi connectivity index (χ4v) is 2.77. The molecule has 2 N–H and O–H groups in total. The van der Waals surface area contributed by atoms with Gasteiger partial charge in [0.1, 0.15) is 5.82 Å². The first kappa shape index (κ1) is 14.3. The minimum absolute atomic E-state index is 0.0313. The molecule has 1 aliphatic rings. The summed E-state index contributed by atoms with van der Waals surface area (Å²) in [6.07, 6.45) is 0.266. The normalized spacial score (nSPS) is 24.6. The number of halogens is 1. The summed E-state index contributed by atoms with van der Waals surface area (Å²) in [5.74, 6) is -0.0350. The molecule has 1 aromatic carbocycles. The van der Waals surface area contributed by atoms with Crippen LogP contribution in [-0.4, -0.2) is 28.9 Å². The fraction of sp³-hybridized carbons (Fsp3) is 0.500. The van der Waals surface area contributed by atoms with Crippen molar-refractivity contribution in [1.29, 1.82) is 0 Å². The molecule has 0 bridgehead atoms. The Morgan fingerprint density at radius 2 is 2.11 bits per heavy atom. The molecular formula is C14H18FNO2S. The Kier molecular flexibility index (Phi) is 4.16. The highest BCUT2D eigenvalue weighted by Crippen LogP contribution is 2.40. The van der Waals surface area contributed by atoms with Crippen LogP contribution in [0.25, 0.3) is 0 Å². The van der Waals surface area contributed by atoms with E-state index >= 15 is 0 Å². The number of benzene rings is 1. The van der Waals surface area contributed by atoms with Crippen LogP contribution in [0, 0.1) is 11.2 Å². The van der Waals surface area contributed by atoms with E-state index in [9.17, 15) is 14.3 Å². The molecular weight excluding hydrogens is 265 g/mol. The Morgan fingerprint density at radius 3 is 2.63 bits per heavy atom. The molecule has 1 aromatic rings. The van der Waals surface area contributed by atoms with Crippen molar-refractivity contribution in [1.82, 2.24) is 5.32 Å². The van der Waals surface area contributed by atoms with Gasteiger partial charge in [0, 0.05) is 16.4 Å². The summed E-state index contributed by atoms with van der Waals surface area (Å²) in [5, 5.41) is 12.5. The lowest BCUT2D eigenvalue weighted by molar-refractivity contribution is -0.126. The first-order valence-corrected chi connectivity index (χ1v) is 7.24. The van der Waals surface area contributed by atoms with Crippen LogP contribution in [0.1, 0.15) is 20.3 Å². The molecule has 1 aliphatic carbocycles. The van der Waals surface area contributed by atoms with E-state index in [1.165, 1.54) is 23.9 Å². The van der Waals surface area contributed by atoms with E-state index in [1.54, 1.807) is 12.1 Å². The first-order valence-electron chi connectivity index (χ1n) is 6.25. The van der Waals surface area contributed by atoms with Gasteiger partial charge in [-0.15, -0.1) is 11.8 Å². The molecule has 1 saturated carbocycles. The van der Waals surface area contributed by atoms with Crippen LogP contribution < -0.4 is 5.32 Å². The minimum atomic E-state index is -0.345. The van der Waals surface area contributed by atoms with Crippen LogP contribution in [0.3, 0.4) is 0 Å². The third-order valence-electron chi connectivity index (χ3n) is 3.73. The van der Waals surface area contributed by atoms with Gasteiger partial charge in [0.2, 0.25) is 5.91 Å². The van der Waals surface area contributed by atoms with E-state index in [-0.39, 0.29) is 29.3 Å². The lowest BCUT2D eigenvalue weighted by atomic mass is 9.64. The largest absolute Gasteiger partial charge is 0.392 e. The van der Waals surface area contributed by atoms with Gasteiger partial charge in [0.25, 0.3) is 0 Å². The Bertz CT molecular complexity index is 461. The molecule has 0 radical (unpaired) electrons. The lowest BCUT2D eigenvalue weighted by Gasteiger charge is -2.49. The molecule has 0 saturated heterocycles. The standard InChI is InChI=1S/C14H18FNO2S/c1-14(2)11(7-12(14)17)16-13(18)8-19-10-5-3-9(15)4-6-10/h3-6,11-12,17H,7-8H2,1-2H3,(H,16,18). The first-order chi connectivity index (χ1) is 8.89. The van der Waals surface area contributed by atoms with Gasteiger partial charge in [-0.1, -0.05) is 13.8 Å². The SMILES string of the molecule is CC1(C)C(O)CC1NC(=O)CSc1ccc(F)cc1. The fourth-order valence-electron chi connectivity index (χ4n) is 2.06. The van der Waals surface area contributed by atoms with Crippen molar-refractivity contribution in [3.8, 4) is 0 Å². The Hall–Kier alpha value is -1.07. The zero-order chi connectivity index (χ0) is 14.0. The highest BCUT2D eigenvalue weighted by molar-refractivity contribution is 8.00. The molecule has 0 spiro atoms. The number of carbonyl (C=O) groups is 1. The monoisotopic (exact) mass is 283 g/mol. The molecule has 0 aromatic heterocycles. The van der Waals surface area contributed by atoms with Crippen molar-refractivity contribution in [2.45, 2.75) is 37.3 Å². The maximum atomic E-state index is 12.7. The average Bonchev–Trinajstić information content (AvgIpc) is 2.38. The van der Waals surface area contributed by atoms with Gasteiger partial charge in [-0.05, 0) is 30.7 Å². The molecule has 19 heavy (non-hydrogen) atoms. The number of aliphatic hydroxyl groups is 1. The lowest BCUT2D eigenvalue weighted by Crippen LogP contribution is -2.61. The zero-order valence-corrected chi connectivity index (χ0v) is 11.8. The van der Waals surface area contributed by atoms with Crippen LogP contribution in [0.4, 0.5) is 4.39 Å². The zero-order valence-electron chi connectivity index (χ0n) is 11.0. The van der Waals surface area contributed by atoms with Crippen molar-refractivity contribution in [2.24, 2.45) is 5.41 Å². The topological polar surface area (TPSA) is 49.3 Å². The summed E-state index contributed by atoms with van der Waals surface area (Å²) in [5.41, 5.74) is -0.254. The molecule has 3 nitrogen and oxygen atoms in total. The van der Waals surface area contributed by atoms with Crippen LogP contribution >= 0.6 is 11.8 Å². The van der Waals surface area contributed by atoms with Gasteiger partial charge in [-0.2, -0.15) is 0 Å². The van der Waals surface area contributed by atoms with E-state index < -0.39 is 0 Å². The van der Waals surface area contributed by atoms with Crippen LogP contribution in [0.15, 0.2) is 29.2 Å². The summed E-state index contributed by atoms with van der Waals surface area (Å²) >= 11 is 1.37. The molecule has 5 heteroatoms. The van der Waals surface area contributed by atoms with E-state index in [2.05, 4.69) is 5.32 Å².